The summed E-state index contributed by atoms with van der Waals surface area (Å²) in [6, 6.07) is 1.61. The van der Waals surface area contributed by atoms with Crippen molar-refractivity contribution in [1.29, 1.82) is 0 Å². The SMILES string of the molecule is CCN(C(C)=O)[C@H]1CCN(c2nccc(CCC(F)(F)F)n2)C1. The van der Waals surface area contributed by atoms with Crippen LogP contribution in [0.3, 0.4) is 0 Å². The van der Waals surface area contributed by atoms with E-state index in [0.29, 0.717) is 31.3 Å². The standard InChI is InChI=1S/C15H21F3N4O/c1-3-22(11(2)23)13-6-9-21(10-13)14-19-8-5-12(20-14)4-7-15(16,17)18/h5,8,13H,3-4,6-7,9-10H2,1-2H3/t13-/m0/s1. The van der Waals surface area contributed by atoms with Crippen LogP contribution in [0.2, 0.25) is 0 Å². The highest BCUT2D eigenvalue weighted by Gasteiger charge is 2.30. The van der Waals surface area contributed by atoms with Gasteiger partial charge in [-0.05, 0) is 25.8 Å². The largest absolute Gasteiger partial charge is 0.389 e. The van der Waals surface area contributed by atoms with Gasteiger partial charge in [0, 0.05) is 44.9 Å². The zero-order valence-corrected chi connectivity index (χ0v) is 13.3. The van der Waals surface area contributed by atoms with Crippen molar-refractivity contribution in [2.24, 2.45) is 0 Å². The second-order valence-corrected chi connectivity index (χ2v) is 5.66. The smallest absolute Gasteiger partial charge is 0.339 e. The summed E-state index contributed by atoms with van der Waals surface area (Å²) in [6.45, 7) is 5.41. The Kier molecular flexibility index (Phi) is 5.43. The van der Waals surface area contributed by atoms with Crippen molar-refractivity contribution in [1.82, 2.24) is 14.9 Å². The summed E-state index contributed by atoms with van der Waals surface area (Å²) < 4.78 is 36.9. The van der Waals surface area contributed by atoms with E-state index in [1.807, 2.05) is 11.8 Å². The quantitative estimate of drug-likeness (QED) is 0.832. The number of rotatable bonds is 5. The fourth-order valence-electron chi connectivity index (χ4n) is 2.86. The molecular formula is C15H21F3N4O. The van der Waals surface area contributed by atoms with Gasteiger partial charge < -0.3 is 9.80 Å². The van der Waals surface area contributed by atoms with Crippen molar-refractivity contribution in [2.45, 2.75) is 45.3 Å². The third kappa shape index (κ3) is 4.80. The number of nitrogens with zero attached hydrogens (tertiary/aromatic N) is 4. The zero-order chi connectivity index (χ0) is 17.0. The Morgan fingerprint density at radius 3 is 2.83 bits per heavy atom. The number of aryl methyl sites for hydroxylation is 1. The number of hydrogen-bond acceptors (Lipinski definition) is 4. The molecule has 1 saturated heterocycles. The zero-order valence-electron chi connectivity index (χ0n) is 13.3. The number of anilines is 1. The second-order valence-electron chi connectivity index (χ2n) is 5.66. The summed E-state index contributed by atoms with van der Waals surface area (Å²) in [5.74, 6) is 0.464. The van der Waals surface area contributed by atoms with Gasteiger partial charge in [0.1, 0.15) is 0 Å². The summed E-state index contributed by atoms with van der Waals surface area (Å²) in [4.78, 5) is 23.7. The van der Waals surface area contributed by atoms with Crippen LogP contribution in [0.25, 0.3) is 0 Å². The summed E-state index contributed by atoms with van der Waals surface area (Å²) in [5, 5.41) is 0. The lowest BCUT2D eigenvalue weighted by molar-refractivity contribution is -0.134. The van der Waals surface area contributed by atoms with Crippen LogP contribution >= 0.6 is 0 Å². The molecule has 0 N–H and O–H groups in total. The molecule has 0 aliphatic carbocycles. The van der Waals surface area contributed by atoms with E-state index in [4.69, 9.17) is 0 Å². The average molecular weight is 330 g/mol. The first-order valence-electron chi connectivity index (χ1n) is 7.71. The first kappa shape index (κ1) is 17.5. The highest BCUT2D eigenvalue weighted by atomic mass is 19.4. The molecule has 1 fully saturated rings. The molecule has 1 atom stereocenters. The van der Waals surface area contributed by atoms with Gasteiger partial charge in [-0.2, -0.15) is 13.2 Å². The van der Waals surface area contributed by atoms with Crippen molar-refractivity contribution >= 4 is 11.9 Å². The number of amides is 1. The predicted molar refractivity (Wildman–Crippen MR) is 80.1 cm³/mol. The molecular weight excluding hydrogens is 309 g/mol. The van der Waals surface area contributed by atoms with E-state index in [1.165, 1.54) is 12.3 Å². The number of likely N-dealkylation sites (N-methyl/N-ethyl adjacent to an activating group) is 1. The Bertz CT molecular complexity index is 550. The molecule has 1 aromatic heterocycles. The van der Waals surface area contributed by atoms with E-state index >= 15 is 0 Å². The maximum atomic E-state index is 12.3. The molecule has 8 heteroatoms. The molecule has 0 unspecified atom stereocenters. The maximum Gasteiger partial charge on any atom is 0.389 e. The van der Waals surface area contributed by atoms with Gasteiger partial charge in [-0.25, -0.2) is 9.97 Å². The van der Waals surface area contributed by atoms with Gasteiger partial charge in [0.05, 0.1) is 6.04 Å². The summed E-state index contributed by atoms with van der Waals surface area (Å²) in [7, 11) is 0. The van der Waals surface area contributed by atoms with E-state index in [-0.39, 0.29) is 18.4 Å². The van der Waals surface area contributed by atoms with Crippen molar-refractivity contribution in [3.63, 3.8) is 0 Å². The van der Waals surface area contributed by atoms with E-state index < -0.39 is 12.6 Å². The van der Waals surface area contributed by atoms with Crippen molar-refractivity contribution < 1.29 is 18.0 Å². The van der Waals surface area contributed by atoms with Crippen LogP contribution in [0, 0.1) is 0 Å². The van der Waals surface area contributed by atoms with Gasteiger partial charge in [-0.3, -0.25) is 4.79 Å². The van der Waals surface area contributed by atoms with Crippen molar-refractivity contribution in [3.8, 4) is 0 Å². The topological polar surface area (TPSA) is 49.3 Å². The van der Waals surface area contributed by atoms with Gasteiger partial charge in [0.2, 0.25) is 11.9 Å². The minimum Gasteiger partial charge on any atom is -0.339 e. The maximum absolute atomic E-state index is 12.3. The molecule has 1 aliphatic rings. The lowest BCUT2D eigenvalue weighted by Gasteiger charge is -2.26. The van der Waals surface area contributed by atoms with Gasteiger partial charge in [-0.1, -0.05) is 0 Å². The predicted octanol–water partition coefficient (Wildman–Crippen LogP) is 2.42. The molecule has 0 spiro atoms. The van der Waals surface area contributed by atoms with Crippen LogP contribution in [-0.2, 0) is 11.2 Å². The minimum atomic E-state index is -4.19. The molecule has 2 rings (SSSR count). The van der Waals surface area contributed by atoms with Gasteiger partial charge >= 0.3 is 6.18 Å². The Labute approximate surface area is 133 Å². The van der Waals surface area contributed by atoms with E-state index in [0.717, 1.165) is 6.42 Å². The number of carbonyl (C=O) groups excluding carboxylic acids is 1. The highest BCUT2D eigenvalue weighted by Crippen LogP contribution is 2.23. The normalized spacial score (nSPS) is 18.3. The molecule has 1 aliphatic heterocycles. The van der Waals surface area contributed by atoms with Gasteiger partial charge in [0.15, 0.2) is 0 Å². The average Bonchev–Trinajstić information content (AvgIpc) is 2.95. The summed E-state index contributed by atoms with van der Waals surface area (Å²) in [6.07, 6.45) is -2.93. The lowest BCUT2D eigenvalue weighted by Crippen LogP contribution is -2.40. The number of aromatic nitrogens is 2. The molecule has 0 aromatic carbocycles. The number of carbonyl (C=O) groups is 1. The molecule has 1 amide bonds. The number of halogens is 3. The van der Waals surface area contributed by atoms with Crippen LogP contribution in [0.1, 0.15) is 32.4 Å². The fraction of sp³-hybridized carbons (Fsp3) is 0.667. The van der Waals surface area contributed by atoms with E-state index in [2.05, 4.69) is 9.97 Å². The van der Waals surface area contributed by atoms with Crippen molar-refractivity contribution in [3.05, 3.63) is 18.0 Å². The van der Waals surface area contributed by atoms with Gasteiger partial charge in [0.25, 0.3) is 0 Å². The second kappa shape index (κ2) is 7.14. The Morgan fingerprint density at radius 1 is 1.48 bits per heavy atom. The highest BCUT2D eigenvalue weighted by molar-refractivity contribution is 5.73. The Morgan fingerprint density at radius 2 is 2.22 bits per heavy atom. The lowest BCUT2D eigenvalue weighted by atomic mass is 10.2. The monoisotopic (exact) mass is 330 g/mol. The minimum absolute atomic E-state index is 0.0270. The number of alkyl halides is 3. The summed E-state index contributed by atoms with van der Waals surface area (Å²) in [5.41, 5.74) is 0.384. The first-order chi connectivity index (χ1) is 10.8. The van der Waals surface area contributed by atoms with Crippen LogP contribution in [-0.4, -0.2) is 52.6 Å². The Hall–Kier alpha value is -1.86. The molecule has 0 radical (unpaired) electrons. The van der Waals surface area contributed by atoms with Gasteiger partial charge in [-0.15, -0.1) is 0 Å². The molecule has 0 bridgehead atoms. The molecule has 128 valence electrons. The van der Waals surface area contributed by atoms with Crippen LogP contribution in [0.15, 0.2) is 12.3 Å². The molecule has 5 nitrogen and oxygen atoms in total. The molecule has 2 heterocycles. The molecule has 0 saturated carbocycles. The van der Waals surface area contributed by atoms with E-state index in [1.54, 1.807) is 11.8 Å². The van der Waals surface area contributed by atoms with E-state index in [9.17, 15) is 18.0 Å². The van der Waals surface area contributed by atoms with Crippen LogP contribution in [0.4, 0.5) is 19.1 Å². The molecule has 1 aromatic rings. The van der Waals surface area contributed by atoms with Crippen LogP contribution in [0.5, 0.6) is 0 Å². The van der Waals surface area contributed by atoms with Crippen LogP contribution < -0.4 is 4.90 Å². The Balaban J connectivity index is 2.01. The fourth-order valence-corrected chi connectivity index (χ4v) is 2.86. The summed E-state index contributed by atoms with van der Waals surface area (Å²) >= 11 is 0. The third-order valence-electron chi connectivity index (χ3n) is 4.00. The van der Waals surface area contributed by atoms with Crippen molar-refractivity contribution in [2.75, 3.05) is 24.5 Å². The first-order valence-corrected chi connectivity index (χ1v) is 7.71. The number of hydrogen-bond donors (Lipinski definition) is 0. The molecule has 23 heavy (non-hydrogen) atoms. The third-order valence-corrected chi connectivity index (χ3v) is 4.00.